The van der Waals surface area contributed by atoms with Crippen LogP contribution in [0.5, 0.6) is 0 Å². The van der Waals surface area contributed by atoms with Crippen LogP contribution in [0.15, 0.2) is 54.7 Å². The van der Waals surface area contributed by atoms with Crippen LogP contribution in [0.3, 0.4) is 0 Å². The van der Waals surface area contributed by atoms with Gasteiger partial charge in [-0.3, -0.25) is 9.36 Å². The third-order valence-corrected chi connectivity index (χ3v) is 4.05. The van der Waals surface area contributed by atoms with Gasteiger partial charge in [0.1, 0.15) is 5.82 Å². The zero-order chi connectivity index (χ0) is 17.8. The molecule has 0 amide bonds. The van der Waals surface area contributed by atoms with Crippen LogP contribution >= 0.6 is 23.8 Å². The Morgan fingerprint density at radius 2 is 2.04 bits per heavy atom. The predicted molar refractivity (Wildman–Crippen MR) is 103 cm³/mol. The number of hydrogen-bond acceptors (Lipinski definition) is 2. The van der Waals surface area contributed by atoms with Crippen molar-refractivity contribution in [3.8, 4) is 0 Å². The number of carbonyl (C=O) groups is 1. The number of benzene rings is 2. The van der Waals surface area contributed by atoms with E-state index < -0.39 is 5.82 Å². The Morgan fingerprint density at radius 3 is 2.80 bits per heavy atom. The average Bonchev–Trinajstić information content (AvgIpc) is 3.02. The lowest BCUT2D eigenvalue weighted by molar-refractivity contribution is 0.0964. The van der Waals surface area contributed by atoms with Crippen LogP contribution in [0.1, 0.15) is 10.4 Å². The summed E-state index contributed by atoms with van der Waals surface area (Å²) in [6.07, 6.45) is 1.67. The van der Waals surface area contributed by atoms with Crippen molar-refractivity contribution in [1.29, 1.82) is 0 Å². The van der Waals surface area contributed by atoms with Gasteiger partial charge in [-0.2, -0.15) is 0 Å². The van der Waals surface area contributed by atoms with Crippen molar-refractivity contribution in [2.45, 2.75) is 0 Å². The molecule has 128 valence electrons. The van der Waals surface area contributed by atoms with Crippen LogP contribution in [-0.4, -0.2) is 28.0 Å². The first-order valence-electron chi connectivity index (χ1n) is 7.60. The number of aromatic nitrogens is 1. The van der Waals surface area contributed by atoms with E-state index in [4.69, 9.17) is 23.8 Å². The molecule has 1 aromatic heterocycles. The highest BCUT2D eigenvalue weighted by Crippen LogP contribution is 2.22. The van der Waals surface area contributed by atoms with E-state index in [1.807, 2.05) is 24.3 Å². The van der Waals surface area contributed by atoms with Gasteiger partial charge in [-0.25, -0.2) is 4.39 Å². The number of halogens is 2. The lowest BCUT2D eigenvalue weighted by Crippen LogP contribution is -2.29. The fourth-order valence-electron chi connectivity index (χ4n) is 2.49. The van der Waals surface area contributed by atoms with E-state index in [0.29, 0.717) is 23.1 Å². The van der Waals surface area contributed by atoms with Gasteiger partial charge in [0, 0.05) is 35.3 Å². The highest BCUT2D eigenvalue weighted by atomic mass is 35.5. The molecule has 2 N–H and O–H groups in total. The summed E-state index contributed by atoms with van der Waals surface area (Å²) in [7, 11) is 0. The molecule has 3 aromatic rings. The Morgan fingerprint density at radius 1 is 1.20 bits per heavy atom. The summed E-state index contributed by atoms with van der Waals surface area (Å²) in [6.45, 7) is 0.578. The van der Waals surface area contributed by atoms with Gasteiger partial charge in [-0.05, 0) is 54.7 Å². The van der Waals surface area contributed by atoms with Crippen molar-refractivity contribution in [2.24, 2.45) is 0 Å². The average molecular weight is 376 g/mol. The number of nitrogens with one attached hydrogen (secondary N) is 2. The second-order valence-corrected chi connectivity index (χ2v) is 6.13. The van der Waals surface area contributed by atoms with Gasteiger partial charge >= 0.3 is 0 Å². The molecule has 0 saturated heterocycles. The van der Waals surface area contributed by atoms with Gasteiger partial charge in [-0.15, -0.1) is 11.6 Å². The standard InChI is InChI=1S/C18H15ClFN3OS/c19-7-8-21-18(25)22-15-4-5-16-12(11-15)6-9-23(16)17(24)13-2-1-3-14(20)10-13/h1-6,9-11H,7-8H2,(H2,21,22,25). The van der Waals surface area contributed by atoms with Gasteiger partial charge in [0.25, 0.3) is 5.91 Å². The molecule has 0 spiro atoms. The molecule has 4 nitrogen and oxygen atoms in total. The molecular formula is C18H15ClFN3OS. The van der Waals surface area contributed by atoms with Gasteiger partial charge in [0.15, 0.2) is 5.11 Å². The van der Waals surface area contributed by atoms with Crippen molar-refractivity contribution >= 4 is 51.4 Å². The first-order valence-corrected chi connectivity index (χ1v) is 8.55. The molecular weight excluding hydrogens is 361 g/mol. The third kappa shape index (κ3) is 3.97. The number of alkyl halides is 1. The molecule has 1 heterocycles. The minimum absolute atomic E-state index is 0.283. The van der Waals surface area contributed by atoms with Crippen molar-refractivity contribution in [3.05, 3.63) is 66.1 Å². The number of fused-ring (bicyclic) bond motifs is 1. The van der Waals surface area contributed by atoms with E-state index in [0.717, 1.165) is 16.6 Å². The minimum atomic E-state index is -0.438. The molecule has 7 heteroatoms. The van der Waals surface area contributed by atoms with E-state index in [2.05, 4.69) is 10.6 Å². The topological polar surface area (TPSA) is 46.1 Å². The lowest BCUT2D eigenvalue weighted by Gasteiger charge is -2.10. The Bertz CT molecular complexity index is 941. The molecule has 0 aliphatic carbocycles. The van der Waals surface area contributed by atoms with E-state index in [9.17, 15) is 9.18 Å². The minimum Gasteiger partial charge on any atom is -0.361 e. The van der Waals surface area contributed by atoms with Crippen molar-refractivity contribution < 1.29 is 9.18 Å². The number of anilines is 1. The molecule has 0 saturated carbocycles. The fourth-order valence-corrected chi connectivity index (χ4v) is 2.81. The second kappa shape index (κ2) is 7.63. The summed E-state index contributed by atoms with van der Waals surface area (Å²) in [4.78, 5) is 12.6. The van der Waals surface area contributed by atoms with Gasteiger partial charge in [0.05, 0.1) is 5.52 Å². The molecule has 3 rings (SSSR count). The zero-order valence-corrected chi connectivity index (χ0v) is 14.7. The smallest absolute Gasteiger partial charge is 0.262 e. The van der Waals surface area contributed by atoms with Gasteiger partial charge in [0.2, 0.25) is 0 Å². The zero-order valence-electron chi connectivity index (χ0n) is 13.1. The quantitative estimate of drug-likeness (QED) is 0.534. The molecule has 0 bridgehead atoms. The van der Waals surface area contributed by atoms with Crippen LogP contribution < -0.4 is 10.6 Å². The lowest BCUT2D eigenvalue weighted by atomic mass is 10.2. The van der Waals surface area contributed by atoms with E-state index in [1.54, 1.807) is 12.3 Å². The maximum Gasteiger partial charge on any atom is 0.262 e. The molecule has 0 atom stereocenters. The number of hydrogen-bond donors (Lipinski definition) is 2. The normalized spacial score (nSPS) is 10.6. The van der Waals surface area contributed by atoms with E-state index >= 15 is 0 Å². The largest absolute Gasteiger partial charge is 0.361 e. The molecule has 0 radical (unpaired) electrons. The van der Waals surface area contributed by atoms with Crippen LogP contribution in [0, 0.1) is 5.82 Å². The maximum absolute atomic E-state index is 13.3. The maximum atomic E-state index is 13.3. The summed E-state index contributed by atoms with van der Waals surface area (Å²) >= 11 is 10.8. The number of carbonyl (C=O) groups excluding carboxylic acids is 1. The van der Waals surface area contributed by atoms with Crippen molar-refractivity contribution in [3.63, 3.8) is 0 Å². The monoisotopic (exact) mass is 375 g/mol. The van der Waals surface area contributed by atoms with Crippen molar-refractivity contribution in [2.75, 3.05) is 17.7 Å². The molecule has 0 aliphatic heterocycles. The summed E-state index contributed by atoms with van der Waals surface area (Å²) in [5, 5.41) is 7.39. The summed E-state index contributed by atoms with van der Waals surface area (Å²) in [6, 6.07) is 13.0. The predicted octanol–water partition coefficient (Wildman–Crippen LogP) is 3.99. The summed E-state index contributed by atoms with van der Waals surface area (Å²) in [5.74, 6) is -0.257. The number of rotatable bonds is 4. The Balaban J connectivity index is 1.85. The summed E-state index contributed by atoms with van der Waals surface area (Å²) in [5.41, 5.74) is 1.83. The summed E-state index contributed by atoms with van der Waals surface area (Å²) < 4.78 is 14.8. The van der Waals surface area contributed by atoms with E-state index in [-0.39, 0.29) is 5.91 Å². The first kappa shape index (κ1) is 17.4. The highest BCUT2D eigenvalue weighted by Gasteiger charge is 2.12. The van der Waals surface area contributed by atoms with Crippen LogP contribution in [0.2, 0.25) is 0 Å². The molecule has 0 aliphatic rings. The van der Waals surface area contributed by atoms with Crippen LogP contribution in [0.25, 0.3) is 10.9 Å². The van der Waals surface area contributed by atoms with Crippen LogP contribution in [0.4, 0.5) is 10.1 Å². The van der Waals surface area contributed by atoms with Gasteiger partial charge in [-0.1, -0.05) is 6.07 Å². The number of nitrogens with zero attached hydrogens (tertiary/aromatic N) is 1. The Kier molecular flexibility index (Phi) is 5.31. The fraction of sp³-hybridized carbons (Fsp3) is 0.111. The molecule has 25 heavy (non-hydrogen) atoms. The highest BCUT2D eigenvalue weighted by molar-refractivity contribution is 7.80. The number of thiocarbonyl (C=S) groups is 1. The van der Waals surface area contributed by atoms with E-state index in [1.165, 1.54) is 22.8 Å². The van der Waals surface area contributed by atoms with Gasteiger partial charge < -0.3 is 10.6 Å². The Labute approximate surface area is 154 Å². The second-order valence-electron chi connectivity index (χ2n) is 5.34. The third-order valence-electron chi connectivity index (χ3n) is 3.62. The molecule has 0 fully saturated rings. The molecule has 2 aromatic carbocycles. The molecule has 0 unspecified atom stereocenters. The first-order chi connectivity index (χ1) is 12.1. The van der Waals surface area contributed by atoms with Crippen molar-refractivity contribution in [1.82, 2.24) is 9.88 Å². The SMILES string of the molecule is O=C(c1cccc(F)c1)n1ccc2cc(NC(=S)NCCCl)ccc21. The van der Waals surface area contributed by atoms with Crippen LogP contribution in [-0.2, 0) is 0 Å². The Hall–Kier alpha value is -2.44.